The van der Waals surface area contributed by atoms with Crippen LogP contribution in [0.1, 0.15) is 11.3 Å². The number of rotatable bonds is 3. The molecule has 0 unspecified atom stereocenters. The van der Waals surface area contributed by atoms with Crippen LogP contribution in [-0.4, -0.2) is 14.8 Å². The van der Waals surface area contributed by atoms with E-state index in [4.69, 9.17) is 4.98 Å². The van der Waals surface area contributed by atoms with Gasteiger partial charge in [-0.3, -0.25) is 9.67 Å². The maximum absolute atomic E-state index is 13.3. The second kappa shape index (κ2) is 6.41. The van der Waals surface area contributed by atoms with Gasteiger partial charge in [-0.2, -0.15) is 5.10 Å². The van der Waals surface area contributed by atoms with Gasteiger partial charge in [0.15, 0.2) is 0 Å². The van der Waals surface area contributed by atoms with Gasteiger partial charge in [0, 0.05) is 27.8 Å². The lowest BCUT2D eigenvalue weighted by Crippen LogP contribution is -2.05. The molecule has 124 valence electrons. The van der Waals surface area contributed by atoms with Crippen LogP contribution in [0.15, 0.2) is 65.4 Å². The Hall–Kier alpha value is -2.53. The number of aryl methyl sites for hydroxylation is 1. The maximum atomic E-state index is 13.3. The molecule has 0 aliphatic carbocycles. The van der Waals surface area contributed by atoms with E-state index in [2.05, 4.69) is 39.2 Å². The predicted molar refractivity (Wildman–Crippen MR) is 101 cm³/mol. The van der Waals surface area contributed by atoms with Crippen molar-refractivity contribution in [1.82, 2.24) is 14.8 Å². The Bertz CT molecular complexity index is 1040. The Kier molecular flexibility index (Phi) is 4.09. The molecule has 3 nitrogen and oxygen atoms in total. The van der Waals surface area contributed by atoms with Crippen molar-refractivity contribution < 1.29 is 4.39 Å². The van der Waals surface area contributed by atoms with Crippen LogP contribution >= 0.6 is 15.9 Å². The third kappa shape index (κ3) is 3.20. The lowest BCUT2D eigenvalue weighted by Gasteiger charge is -2.13. The van der Waals surface area contributed by atoms with E-state index >= 15 is 0 Å². The fourth-order valence-corrected chi connectivity index (χ4v) is 3.63. The number of halogens is 2. The molecule has 0 amide bonds. The van der Waals surface area contributed by atoms with Crippen LogP contribution in [0, 0.1) is 12.7 Å². The summed E-state index contributed by atoms with van der Waals surface area (Å²) in [5, 5.41) is 5.32. The van der Waals surface area contributed by atoms with Gasteiger partial charge in [-0.15, -0.1) is 0 Å². The van der Waals surface area contributed by atoms with E-state index in [1.807, 2.05) is 23.9 Å². The molecule has 2 aromatic carbocycles. The Morgan fingerprint density at radius 3 is 2.64 bits per heavy atom. The predicted octanol–water partition coefficient (Wildman–Crippen LogP) is 5.36. The summed E-state index contributed by atoms with van der Waals surface area (Å²) < 4.78 is 16.2. The zero-order chi connectivity index (χ0) is 17.4. The molecule has 2 heterocycles. The molecule has 0 spiro atoms. The average Bonchev–Trinajstić information content (AvgIpc) is 3.08. The van der Waals surface area contributed by atoms with Gasteiger partial charge in [0.2, 0.25) is 0 Å². The molecule has 4 aromatic rings. The molecule has 0 aliphatic heterocycles. The Morgan fingerprint density at radius 2 is 1.92 bits per heavy atom. The third-order valence-electron chi connectivity index (χ3n) is 4.13. The minimum Gasteiger partial charge on any atom is -0.267 e. The molecular formula is C20H15BrFN3. The highest BCUT2D eigenvalue weighted by Gasteiger charge is 2.12. The van der Waals surface area contributed by atoms with Crippen LogP contribution < -0.4 is 0 Å². The quantitative estimate of drug-likeness (QED) is 0.467. The lowest BCUT2D eigenvalue weighted by molar-refractivity contribution is 0.628. The molecule has 0 saturated heterocycles. The van der Waals surface area contributed by atoms with Crippen molar-refractivity contribution in [2.24, 2.45) is 0 Å². The molecule has 25 heavy (non-hydrogen) atoms. The van der Waals surface area contributed by atoms with Crippen molar-refractivity contribution in [3.05, 3.63) is 82.5 Å². The zero-order valence-electron chi connectivity index (χ0n) is 13.6. The molecule has 0 bridgehead atoms. The minimum absolute atomic E-state index is 0.247. The number of pyridine rings is 1. The molecule has 0 fully saturated rings. The van der Waals surface area contributed by atoms with E-state index in [1.54, 1.807) is 18.3 Å². The maximum Gasteiger partial charge on any atom is 0.123 e. The van der Waals surface area contributed by atoms with Crippen LogP contribution in [0.4, 0.5) is 4.39 Å². The first-order chi connectivity index (χ1) is 12.1. The Labute approximate surface area is 153 Å². The van der Waals surface area contributed by atoms with Crippen molar-refractivity contribution in [3.8, 4) is 11.1 Å². The highest BCUT2D eigenvalue weighted by molar-refractivity contribution is 9.10. The zero-order valence-corrected chi connectivity index (χ0v) is 15.2. The highest BCUT2D eigenvalue weighted by Crippen LogP contribution is 2.32. The van der Waals surface area contributed by atoms with Gasteiger partial charge < -0.3 is 0 Å². The van der Waals surface area contributed by atoms with E-state index in [-0.39, 0.29) is 5.82 Å². The van der Waals surface area contributed by atoms with Crippen LogP contribution in [0.3, 0.4) is 0 Å². The molecule has 0 radical (unpaired) electrons. The summed E-state index contributed by atoms with van der Waals surface area (Å²) in [6, 6.07) is 14.7. The second-order valence-corrected chi connectivity index (χ2v) is 6.86. The molecule has 4 rings (SSSR count). The standard InChI is InChI=1S/C20H15BrFN3/c1-13-9-18(21)17-11-16(14-3-5-15(22)6-4-14)20(24-19(17)10-13)12-25-8-2-7-23-25/h2-11H,12H2,1H3. The van der Waals surface area contributed by atoms with Crippen LogP contribution in [0.5, 0.6) is 0 Å². The van der Waals surface area contributed by atoms with Gasteiger partial charge in [-0.25, -0.2) is 4.39 Å². The van der Waals surface area contributed by atoms with E-state index in [9.17, 15) is 4.39 Å². The van der Waals surface area contributed by atoms with Crippen LogP contribution in [0.25, 0.3) is 22.0 Å². The number of hydrogen-bond donors (Lipinski definition) is 0. The highest BCUT2D eigenvalue weighted by atomic mass is 79.9. The number of aromatic nitrogens is 3. The summed E-state index contributed by atoms with van der Waals surface area (Å²) in [7, 11) is 0. The minimum atomic E-state index is -0.247. The van der Waals surface area contributed by atoms with Gasteiger partial charge in [-0.1, -0.05) is 28.1 Å². The average molecular weight is 396 g/mol. The van der Waals surface area contributed by atoms with Crippen molar-refractivity contribution >= 4 is 26.8 Å². The SMILES string of the molecule is Cc1cc(Br)c2cc(-c3ccc(F)cc3)c(Cn3cccn3)nc2c1. The van der Waals surface area contributed by atoms with Gasteiger partial charge in [0.05, 0.1) is 17.8 Å². The molecule has 5 heteroatoms. The molecule has 2 aromatic heterocycles. The summed E-state index contributed by atoms with van der Waals surface area (Å²) in [6.45, 7) is 2.61. The summed E-state index contributed by atoms with van der Waals surface area (Å²) in [5.41, 5.74) is 4.89. The second-order valence-electron chi connectivity index (χ2n) is 6.01. The Morgan fingerprint density at radius 1 is 1.12 bits per heavy atom. The summed E-state index contributed by atoms with van der Waals surface area (Å²) in [6.07, 6.45) is 3.66. The molecular weight excluding hydrogens is 381 g/mol. The first-order valence-corrected chi connectivity index (χ1v) is 8.72. The first kappa shape index (κ1) is 16.0. The fraction of sp³-hybridized carbons (Fsp3) is 0.100. The van der Waals surface area contributed by atoms with Crippen molar-refractivity contribution in [2.45, 2.75) is 13.5 Å². The van der Waals surface area contributed by atoms with Gasteiger partial charge in [0.1, 0.15) is 5.82 Å². The van der Waals surface area contributed by atoms with E-state index in [1.165, 1.54) is 12.1 Å². The van der Waals surface area contributed by atoms with Gasteiger partial charge >= 0.3 is 0 Å². The van der Waals surface area contributed by atoms with E-state index < -0.39 is 0 Å². The summed E-state index contributed by atoms with van der Waals surface area (Å²) in [4.78, 5) is 4.89. The molecule has 0 atom stereocenters. The van der Waals surface area contributed by atoms with Crippen molar-refractivity contribution in [1.29, 1.82) is 0 Å². The smallest absolute Gasteiger partial charge is 0.123 e. The molecule has 0 aliphatic rings. The van der Waals surface area contributed by atoms with Crippen molar-refractivity contribution in [2.75, 3.05) is 0 Å². The fourth-order valence-electron chi connectivity index (χ4n) is 2.95. The molecule has 0 saturated carbocycles. The largest absolute Gasteiger partial charge is 0.267 e. The summed E-state index contributed by atoms with van der Waals surface area (Å²) >= 11 is 3.63. The molecule has 0 N–H and O–H groups in total. The van der Waals surface area contributed by atoms with E-state index in [0.29, 0.717) is 6.54 Å². The number of fused-ring (bicyclic) bond motifs is 1. The lowest BCUT2D eigenvalue weighted by atomic mass is 10.0. The normalized spacial score (nSPS) is 11.2. The van der Waals surface area contributed by atoms with Gasteiger partial charge in [0.25, 0.3) is 0 Å². The number of benzene rings is 2. The summed E-state index contributed by atoms with van der Waals surface area (Å²) in [5.74, 6) is -0.247. The topological polar surface area (TPSA) is 30.7 Å². The first-order valence-electron chi connectivity index (χ1n) is 7.93. The van der Waals surface area contributed by atoms with E-state index in [0.717, 1.165) is 37.8 Å². The number of hydrogen-bond acceptors (Lipinski definition) is 2. The third-order valence-corrected chi connectivity index (χ3v) is 4.79. The van der Waals surface area contributed by atoms with Crippen LogP contribution in [0.2, 0.25) is 0 Å². The van der Waals surface area contributed by atoms with Crippen LogP contribution in [-0.2, 0) is 6.54 Å². The van der Waals surface area contributed by atoms with Crippen molar-refractivity contribution in [3.63, 3.8) is 0 Å². The van der Waals surface area contributed by atoms with Gasteiger partial charge in [-0.05, 0) is 54.4 Å². The monoisotopic (exact) mass is 395 g/mol. The Balaban J connectivity index is 1.95. The number of nitrogens with zero attached hydrogens (tertiary/aromatic N) is 3.